The molecule has 0 bridgehead atoms. The molecule has 5 aromatic rings. The first-order chi connectivity index (χ1) is 18.3. The van der Waals surface area contributed by atoms with Crippen LogP contribution in [0.4, 0.5) is 14.6 Å². The van der Waals surface area contributed by atoms with Gasteiger partial charge < -0.3 is 15.8 Å². The van der Waals surface area contributed by atoms with Crippen LogP contribution in [0.15, 0.2) is 67.6 Å². The molecular weight excluding hydrogens is 494 g/mol. The number of halogens is 2. The number of carbonyl (C=O) groups is 1. The van der Waals surface area contributed by atoms with Gasteiger partial charge >= 0.3 is 6.01 Å². The van der Waals surface area contributed by atoms with Crippen LogP contribution in [0, 0.1) is 18.6 Å². The van der Waals surface area contributed by atoms with Crippen molar-refractivity contribution >= 4 is 17.2 Å². The van der Waals surface area contributed by atoms with Crippen LogP contribution in [0.25, 0.3) is 27.9 Å². The number of benzene rings is 2. The highest BCUT2D eigenvalue weighted by atomic mass is 19.1. The largest absolute Gasteiger partial charge is 0.421 e. The van der Waals surface area contributed by atoms with Crippen LogP contribution in [-0.2, 0) is 11.3 Å². The van der Waals surface area contributed by atoms with Crippen molar-refractivity contribution in [1.82, 2.24) is 35.1 Å². The number of hydrogen-bond donors (Lipinski definition) is 2. The maximum Gasteiger partial charge on any atom is 0.322 e. The minimum Gasteiger partial charge on any atom is -0.421 e. The number of nitrogen functional groups attached to an aromatic ring is 1. The van der Waals surface area contributed by atoms with Crippen molar-refractivity contribution < 1.29 is 18.3 Å². The number of fused-ring (bicyclic) bond motifs is 1. The van der Waals surface area contributed by atoms with E-state index >= 15 is 8.78 Å². The number of aryl methyl sites for hydroxylation is 1. The standard InChI is InChI=1S/C26H20F2N8O2/c1-3-21(37)31-12-15-4-6-17(18(27)10-15)23-22(24-25(29)32-13-33-36(24)35-23)16-5-7-20(19(28)11-16)38-26-30-9-8-14(2)34-26/h3-11,13H,1,12H2,2H3,(H,31,37)(H2,29,32,33). The quantitative estimate of drug-likeness (QED) is 0.311. The smallest absolute Gasteiger partial charge is 0.322 e. The first-order valence-corrected chi connectivity index (χ1v) is 11.3. The molecule has 38 heavy (non-hydrogen) atoms. The number of nitrogens with two attached hydrogens (primary N) is 1. The van der Waals surface area contributed by atoms with E-state index in [0.717, 1.165) is 6.08 Å². The van der Waals surface area contributed by atoms with Gasteiger partial charge in [-0.15, -0.1) is 14.8 Å². The molecule has 0 fully saturated rings. The third kappa shape index (κ3) is 4.74. The summed E-state index contributed by atoms with van der Waals surface area (Å²) in [5.41, 5.74) is 8.55. The molecule has 3 aromatic heterocycles. The van der Waals surface area contributed by atoms with Crippen LogP contribution >= 0.6 is 0 Å². The normalized spacial score (nSPS) is 10.9. The Labute approximate surface area is 214 Å². The molecule has 0 aliphatic heterocycles. The highest BCUT2D eigenvalue weighted by Crippen LogP contribution is 2.39. The Kier molecular flexibility index (Phi) is 6.44. The van der Waals surface area contributed by atoms with Gasteiger partial charge in [-0.25, -0.2) is 23.7 Å². The van der Waals surface area contributed by atoms with E-state index in [1.807, 2.05) is 0 Å². The molecule has 12 heteroatoms. The van der Waals surface area contributed by atoms with Crippen LogP contribution in [0.3, 0.4) is 0 Å². The van der Waals surface area contributed by atoms with Gasteiger partial charge in [0.1, 0.15) is 23.4 Å². The van der Waals surface area contributed by atoms with E-state index in [-0.39, 0.29) is 46.8 Å². The summed E-state index contributed by atoms with van der Waals surface area (Å²) in [6.07, 6.45) is 3.84. The second kappa shape index (κ2) is 10.0. The summed E-state index contributed by atoms with van der Waals surface area (Å²) in [5, 5.41) is 11.1. The Hall–Kier alpha value is -5.26. The molecule has 0 aliphatic carbocycles. The van der Waals surface area contributed by atoms with E-state index in [0.29, 0.717) is 22.4 Å². The number of hydrogen-bond acceptors (Lipinski definition) is 8. The Morgan fingerprint density at radius 3 is 2.74 bits per heavy atom. The van der Waals surface area contributed by atoms with Crippen molar-refractivity contribution in [2.75, 3.05) is 5.73 Å². The number of ether oxygens (including phenoxy) is 1. The van der Waals surface area contributed by atoms with E-state index in [1.54, 1.807) is 25.1 Å². The Morgan fingerprint density at radius 1 is 1.16 bits per heavy atom. The van der Waals surface area contributed by atoms with E-state index in [9.17, 15) is 4.79 Å². The topological polar surface area (TPSA) is 133 Å². The summed E-state index contributed by atoms with van der Waals surface area (Å²) in [6, 6.07) is 10.3. The zero-order valence-electron chi connectivity index (χ0n) is 20.0. The van der Waals surface area contributed by atoms with E-state index in [4.69, 9.17) is 10.5 Å². The fourth-order valence-electron chi connectivity index (χ4n) is 3.82. The lowest BCUT2D eigenvalue weighted by molar-refractivity contribution is -0.116. The summed E-state index contributed by atoms with van der Waals surface area (Å²) < 4.78 is 37.2. The average Bonchev–Trinajstić information content (AvgIpc) is 3.29. The van der Waals surface area contributed by atoms with E-state index in [1.165, 1.54) is 41.4 Å². The molecule has 0 saturated carbocycles. The van der Waals surface area contributed by atoms with Gasteiger partial charge in [-0.1, -0.05) is 18.7 Å². The summed E-state index contributed by atoms with van der Waals surface area (Å²) in [4.78, 5) is 23.6. The first kappa shape index (κ1) is 24.4. The molecule has 10 nitrogen and oxygen atoms in total. The number of nitrogens with zero attached hydrogens (tertiary/aromatic N) is 6. The molecule has 3 N–H and O–H groups in total. The molecule has 0 saturated heterocycles. The molecule has 0 unspecified atom stereocenters. The molecule has 5 rings (SSSR count). The molecule has 190 valence electrons. The lowest BCUT2D eigenvalue weighted by Gasteiger charge is -2.10. The van der Waals surface area contributed by atoms with Crippen molar-refractivity contribution in [1.29, 1.82) is 0 Å². The molecule has 0 spiro atoms. The molecule has 2 aromatic carbocycles. The molecular formula is C26H20F2N8O2. The molecule has 0 atom stereocenters. The third-order valence-electron chi connectivity index (χ3n) is 5.60. The molecule has 0 radical (unpaired) electrons. The fourth-order valence-corrected chi connectivity index (χ4v) is 3.82. The van der Waals surface area contributed by atoms with Crippen LogP contribution in [0.5, 0.6) is 11.8 Å². The predicted molar refractivity (Wildman–Crippen MR) is 135 cm³/mol. The predicted octanol–water partition coefficient (Wildman–Crippen LogP) is 4.01. The van der Waals surface area contributed by atoms with Crippen molar-refractivity contribution in [3.8, 4) is 34.1 Å². The minimum atomic E-state index is -0.706. The van der Waals surface area contributed by atoms with Crippen LogP contribution in [-0.4, -0.2) is 35.7 Å². The Bertz CT molecular complexity index is 1700. The molecule has 0 aliphatic rings. The van der Waals surface area contributed by atoms with Crippen LogP contribution in [0.1, 0.15) is 11.3 Å². The second-order valence-electron chi connectivity index (χ2n) is 8.17. The summed E-state index contributed by atoms with van der Waals surface area (Å²) >= 11 is 0. The summed E-state index contributed by atoms with van der Waals surface area (Å²) in [7, 11) is 0. The number of anilines is 1. The number of nitrogens with one attached hydrogen (secondary N) is 1. The van der Waals surface area contributed by atoms with Gasteiger partial charge in [0.2, 0.25) is 5.91 Å². The number of aromatic nitrogens is 6. The summed E-state index contributed by atoms with van der Waals surface area (Å²) in [5.74, 6) is -1.72. The zero-order valence-corrected chi connectivity index (χ0v) is 20.0. The lowest BCUT2D eigenvalue weighted by Crippen LogP contribution is -2.19. The maximum atomic E-state index is 15.3. The highest BCUT2D eigenvalue weighted by molar-refractivity contribution is 5.96. The Balaban J connectivity index is 1.58. The van der Waals surface area contributed by atoms with Gasteiger partial charge in [-0.2, -0.15) is 0 Å². The number of carbonyl (C=O) groups excluding carboxylic acids is 1. The van der Waals surface area contributed by atoms with Gasteiger partial charge in [-0.05, 0) is 54.5 Å². The molecule has 3 heterocycles. The Morgan fingerprint density at radius 2 is 2.00 bits per heavy atom. The van der Waals surface area contributed by atoms with Gasteiger partial charge in [0.05, 0.1) is 0 Å². The van der Waals surface area contributed by atoms with Gasteiger partial charge in [0.25, 0.3) is 0 Å². The first-order valence-electron chi connectivity index (χ1n) is 11.3. The SMILES string of the molecule is C=CC(=O)NCc1ccc(-c2nn3ncnc(N)c3c2-c2ccc(Oc3nccc(C)n3)c(F)c2)c(F)c1. The zero-order chi connectivity index (χ0) is 26.8. The number of rotatable bonds is 7. The van der Waals surface area contributed by atoms with Gasteiger partial charge in [0.15, 0.2) is 17.4 Å². The van der Waals surface area contributed by atoms with Crippen molar-refractivity contribution in [2.24, 2.45) is 0 Å². The van der Waals surface area contributed by atoms with Crippen LogP contribution < -0.4 is 15.8 Å². The van der Waals surface area contributed by atoms with Crippen molar-refractivity contribution in [3.63, 3.8) is 0 Å². The lowest BCUT2D eigenvalue weighted by atomic mass is 9.98. The van der Waals surface area contributed by atoms with Crippen LogP contribution in [0.2, 0.25) is 0 Å². The third-order valence-corrected chi connectivity index (χ3v) is 5.60. The van der Waals surface area contributed by atoms with Crippen molar-refractivity contribution in [3.05, 3.63) is 90.5 Å². The number of amides is 1. The maximum absolute atomic E-state index is 15.3. The second-order valence-corrected chi connectivity index (χ2v) is 8.17. The monoisotopic (exact) mass is 514 g/mol. The van der Waals surface area contributed by atoms with Gasteiger partial charge in [0, 0.05) is 29.6 Å². The fraction of sp³-hybridized carbons (Fsp3) is 0.0769. The van der Waals surface area contributed by atoms with Gasteiger partial charge in [-0.3, -0.25) is 4.79 Å². The average molecular weight is 514 g/mol. The van der Waals surface area contributed by atoms with Crippen molar-refractivity contribution in [2.45, 2.75) is 13.5 Å². The van der Waals surface area contributed by atoms with E-state index < -0.39 is 11.6 Å². The highest BCUT2D eigenvalue weighted by Gasteiger charge is 2.23. The molecule has 1 amide bonds. The summed E-state index contributed by atoms with van der Waals surface area (Å²) in [6.45, 7) is 5.25. The van der Waals surface area contributed by atoms with E-state index in [2.05, 4.69) is 37.0 Å². The minimum absolute atomic E-state index is 0.00240.